The number of nitrogens with one attached hydrogen (secondary N) is 1. The molecule has 0 aliphatic carbocycles. The molecule has 2 rings (SSSR count). The fraction of sp³-hybridized carbons (Fsp3) is 0.600. The predicted molar refractivity (Wildman–Crippen MR) is 81.9 cm³/mol. The van der Waals surface area contributed by atoms with Crippen LogP contribution in [0.5, 0.6) is 0 Å². The number of thiophene rings is 1. The largest absolute Gasteiger partial charge is 0.462 e. The van der Waals surface area contributed by atoms with Crippen LogP contribution in [-0.4, -0.2) is 31.2 Å². The highest BCUT2D eigenvalue weighted by molar-refractivity contribution is 7.16. The molecule has 1 saturated heterocycles. The first-order valence-electron chi connectivity index (χ1n) is 7.29. The third-order valence-electron chi connectivity index (χ3n) is 3.32. The van der Waals surface area contributed by atoms with Gasteiger partial charge in [-0.05, 0) is 39.2 Å². The van der Waals surface area contributed by atoms with Gasteiger partial charge in [-0.15, -0.1) is 11.3 Å². The van der Waals surface area contributed by atoms with E-state index in [1.165, 1.54) is 11.3 Å². The van der Waals surface area contributed by atoms with Gasteiger partial charge in [0.1, 0.15) is 5.00 Å². The van der Waals surface area contributed by atoms with Gasteiger partial charge in [-0.2, -0.15) is 0 Å². The van der Waals surface area contributed by atoms with E-state index in [4.69, 9.17) is 9.47 Å². The van der Waals surface area contributed by atoms with Crippen LogP contribution in [0.25, 0.3) is 0 Å². The summed E-state index contributed by atoms with van der Waals surface area (Å²) in [5.74, 6) is -0.478. The van der Waals surface area contributed by atoms with E-state index in [0.29, 0.717) is 23.6 Å². The SMILES string of the molecule is CCOC(=O)c1cc(C)sc1NC(=O)CCC1CCCO1. The number of hydrogen-bond donors (Lipinski definition) is 1. The molecule has 116 valence electrons. The molecule has 6 heteroatoms. The van der Waals surface area contributed by atoms with Crippen LogP contribution in [0.15, 0.2) is 6.07 Å². The molecule has 1 aromatic heterocycles. The van der Waals surface area contributed by atoms with Gasteiger partial charge in [0, 0.05) is 17.9 Å². The van der Waals surface area contributed by atoms with Gasteiger partial charge in [0.2, 0.25) is 5.91 Å². The van der Waals surface area contributed by atoms with Gasteiger partial charge < -0.3 is 14.8 Å². The summed E-state index contributed by atoms with van der Waals surface area (Å²) in [6, 6.07) is 1.75. The predicted octanol–water partition coefficient (Wildman–Crippen LogP) is 3.13. The monoisotopic (exact) mass is 311 g/mol. The minimum Gasteiger partial charge on any atom is -0.462 e. The normalized spacial score (nSPS) is 17.7. The fourth-order valence-electron chi connectivity index (χ4n) is 2.32. The fourth-order valence-corrected chi connectivity index (χ4v) is 3.24. The molecule has 0 radical (unpaired) electrons. The van der Waals surface area contributed by atoms with E-state index in [9.17, 15) is 9.59 Å². The Kier molecular flexibility index (Phi) is 5.76. The maximum absolute atomic E-state index is 12.0. The van der Waals surface area contributed by atoms with Crippen molar-refractivity contribution < 1.29 is 19.1 Å². The first-order valence-corrected chi connectivity index (χ1v) is 8.10. The van der Waals surface area contributed by atoms with Gasteiger partial charge in [-0.1, -0.05) is 0 Å². The molecule has 1 atom stereocenters. The van der Waals surface area contributed by atoms with Crippen LogP contribution in [-0.2, 0) is 14.3 Å². The minimum atomic E-state index is -0.392. The van der Waals surface area contributed by atoms with Crippen molar-refractivity contribution in [3.63, 3.8) is 0 Å². The van der Waals surface area contributed by atoms with Crippen molar-refractivity contribution in [3.05, 3.63) is 16.5 Å². The molecule has 1 fully saturated rings. The molecule has 0 spiro atoms. The number of rotatable bonds is 6. The van der Waals surface area contributed by atoms with E-state index in [2.05, 4.69) is 5.32 Å². The maximum atomic E-state index is 12.0. The van der Waals surface area contributed by atoms with Crippen LogP contribution in [0.3, 0.4) is 0 Å². The van der Waals surface area contributed by atoms with E-state index in [0.717, 1.165) is 30.7 Å². The van der Waals surface area contributed by atoms with Gasteiger partial charge in [0.15, 0.2) is 0 Å². The molecule has 0 saturated carbocycles. The quantitative estimate of drug-likeness (QED) is 0.820. The van der Waals surface area contributed by atoms with Crippen LogP contribution in [0.1, 0.15) is 47.8 Å². The zero-order valence-electron chi connectivity index (χ0n) is 12.4. The van der Waals surface area contributed by atoms with E-state index in [-0.39, 0.29) is 12.0 Å². The van der Waals surface area contributed by atoms with Crippen molar-refractivity contribution in [2.24, 2.45) is 0 Å². The zero-order chi connectivity index (χ0) is 15.2. The highest BCUT2D eigenvalue weighted by atomic mass is 32.1. The second kappa shape index (κ2) is 7.56. The number of amides is 1. The molecular formula is C15H21NO4S. The van der Waals surface area contributed by atoms with Crippen molar-refractivity contribution in [2.75, 3.05) is 18.5 Å². The van der Waals surface area contributed by atoms with Gasteiger partial charge in [0.25, 0.3) is 0 Å². The molecule has 0 aromatic carbocycles. The Morgan fingerprint density at radius 1 is 1.52 bits per heavy atom. The highest BCUT2D eigenvalue weighted by Crippen LogP contribution is 2.28. The van der Waals surface area contributed by atoms with E-state index in [1.54, 1.807) is 13.0 Å². The summed E-state index contributed by atoms with van der Waals surface area (Å²) >= 11 is 1.39. The van der Waals surface area contributed by atoms with Gasteiger partial charge in [-0.25, -0.2) is 4.79 Å². The standard InChI is InChI=1S/C15H21NO4S/c1-3-19-15(18)12-9-10(2)21-14(12)16-13(17)7-6-11-5-4-8-20-11/h9,11H,3-8H2,1-2H3,(H,16,17). The zero-order valence-corrected chi connectivity index (χ0v) is 13.3. The van der Waals surface area contributed by atoms with Crippen molar-refractivity contribution in [2.45, 2.75) is 45.6 Å². The highest BCUT2D eigenvalue weighted by Gasteiger charge is 2.20. The number of carbonyl (C=O) groups excluding carboxylic acids is 2. The number of aryl methyl sites for hydroxylation is 1. The van der Waals surface area contributed by atoms with Gasteiger partial charge in [0.05, 0.1) is 18.3 Å². The smallest absolute Gasteiger partial charge is 0.341 e. The third-order valence-corrected chi connectivity index (χ3v) is 4.29. The first kappa shape index (κ1) is 16.0. The number of hydrogen-bond acceptors (Lipinski definition) is 5. The van der Waals surface area contributed by atoms with Crippen molar-refractivity contribution in [1.82, 2.24) is 0 Å². The summed E-state index contributed by atoms with van der Waals surface area (Å²) in [7, 11) is 0. The molecule has 0 bridgehead atoms. The lowest BCUT2D eigenvalue weighted by Gasteiger charge is -2.09. The van der Waals surface area contributed by atoms with Crippen LogP contribution in [0, 0.1) is 6.92 Å². The Labute approximate surface area is 128 Å². The lowest BCUT2D eigenvalue weighted by atomic mass is 10.1. The molecule has 1 N–H and O–H groups in total. The number of anilines is 1. The summed E-state index contributed by atoms with van der Waals surface area (Å²) in [4.78, 5) is 24.8. The molecule has 5 nitrogen and oxygen atoms in total. The topological polar surface area (TPSA) is 64.6 Å². The summed E-state index contributed by atoms with van der Waals surface area (Å²) in [5.41, 5.74) is 0.435. The van der Waals surface area contributed by atoms with Crippen LogP contribution in [0.4, 0.5) is 5.00 Å². The molecule has 21 heavy (non-hydrogen) atoms. The third kappa shape index (κ3) is 4.54. The van der Waals surface area contributed by atoms with Crippen LogP contribution >= 0.6 is 11.3 Å². The Morgan fingerprint density at radius 3 is 3.00 bits per heavy atom. The lowest BCUT2D eigenvalue weighted by molar-refractivity contribution is -0.116. The lowest BCUT2D eigenvalue weighted by Crippen LogP contribution is -2.16. The maximum Gasteiger partial charge on any atom is 0.341 e. The molecule has 2 heterocycles. The van der Waals surface area contributed by atoms with Crippen LogP contribution < -0.4 is 5.32 Å². The molecular weight excluding hydrogens is 290 g/mol. The van der Waals surface area contributed by atoms with Crippen molar-refractivity contribution in [3.8, 4) is 0 Å². The van der Waals surface area contributed by atoms with Crippen molar-refractivity contribution in [1.29, 1.82) is 0 Å². The minimum absolute atomic E-state index is 0.0853. The summed E-state index contributed by atoms with van der Waals surface area (Å²) < 4.78 is 10.5. The Hall–Kier alpha value is -1.40. The Balaban J connectivity index is 1.91. The van der Waals surface area contributed by atoms with E-state index in [1.807, 2.05) is 6.92 Å². The molecule has 1 aromatic rings. The summed E-state index contributed by atoms with van der Waals surface area (Å²) in [5, 5.41) is 3.39. The van der Waals surface area contributed by atoms with Crippen LogP contribution in [0.2, 0.25) is 0 Å². The number of esters is 1. The number of carbonyl (C=O) groups is 2. The Morgan fingerprint density at radius 2 is 2.33 bits per heavy atom. The second-order valence-corrected chi connectivity index (χ2v) is 6.30. The molecule has 1 amide bonds. The number of ether oxygens (including phenoxy) is 2. The van der Waals surface area contributed by atoms with Crippen molar-refractivity contribution >= 4 is 28.2 Å². The Bertz CT molecular complexity index is 506. The van der Waals surface area contributed by atoms with Gasteiger partial charge >= 0.3 is 5.97 Å². The average Bonchev–Trinajstić information content (AvgIpc) is 3.06. The average molecular weight is 311 g/mol. The molecule has 1 aliphatic heterocycles. The van der Waals surface area contributed by atoms with Gasteiger partial charge in [-0.3, -0.25) is 4.79 Å². The second-order valence-electron chi connectivity index (χ2n) is 5.04. The molecule has 1 aliphatic rings. The summed E-state index contributed by atoms with van der Waals surface area (Å²) in [6.07, 6.45) is 3.43. The van der Waals surface area contributed by atoms with E-state index >= 15 is 0 Å². The first-order chi connectivity index (χ1) is 10.1. The molecule has 1 unspecified atom stereocenters. The summed E-state index contributed by atoms with van der Waals surface area (Å²) in [6.45, 7) is 4.77. The van der Waals surface area contributed by atoms with E-state index < -0.39 is 5.97 Å².